The highest BCUT2D eigenvalue weighted by Gasteiger charge is 2.23. The highest BCUT2D eigenvalue weighted by atomic mass is 31.2. The maximum Gasteiger partial charge on any atom is 0.472 e. The van der Waals surface area contributed by atoms with Gasteiger partial charge in [0.15, 0.2) is 0 Å². The summed E-state index contributed by atoms with van der Waals surface area (Å²) < 4.78 is 26.9. The molecule has 0 aromatic heterocycles. The molecule has 10 heteroatoms. The highest BCUT2D eigenvalue weighted by Crippen LogP contribution is 2.42. The first kappa shape index (κ1) is 57.5. The molecule has 348 valence electrons. The van der Waals surface area contributed by atoms with E-state index in [1.54, 1.807) is 0 Å². The number of hydrogen-bond donors (Lipinski definition) is 3. The molecule has 9 nitrogen and oxygen atoms in total. The van der Waals surface area contributed by atoms with Crippen molar-refractivity contribution in [3.05, 3.63) is 24.3 Å². The number of rotatable bonds is 47. The van der Waals surface area contributed by atoms with Gasteiger partial charge in [-0.15, -0.1) is 0 Å². The van der Waals surface area contributed by atoms with Gasteiger partial charge in [0.1, 0.15) is 12.7 Å². The zero-order valence-corrected chi connectivity index (χ0v) is 39.4. The van der Waals surface area contributed by atoms with Crippen molar-refractivity contribution in [3.63, 3.8) is 0 Å². The van der Waals surface area contributed by atoms with Crippen LogP contribution in [-0.4, -0.2) is 54.3 Å². The van der Waals surface area contributed by atoms with Crippen molar-refractivity contribution in [2.45, 2.75) is 251 Å². The third kappa shape index (κ3) is 47.4. The number of amides is 1. The third-order valence-corrected chi connectivity index (χ3v) is 11.9. The molecule has 0 aliphatic carbocycles. The molecule has 0 spiro atoms. The number of ether oxygens (including phenoxy) is 1. The van der Waals surface area contributed by atoms with Gasteiger partial charge in [-0.3, -0.25) is 18.6 Å². The normalized spacial score (nSPS) is 13.4. The number of allylic oxidation sites excluding steroid dienone is 4. The van der Waals surface area contributed by atoms with E-state index in [-0.39, 0.29) is 32.1 Å². The molecule has 0 saturated heterocycles. The molecule has 2 unspecified atom stereocenters. The molecule has 0 aromatic carbocycles. The number of aliphatic hydroxyl groups is 1. The van der Waals surface area contributed by atoms with Gasteiger partial charge in [0.2, 0.25) is 5.91 Å². The average molecular weight is 856 g/mol. The average Bonchev–Trinajstić information content (AvgIpc) is 3.22. The fourth-order valence-electron chi connectivity index (χ4n) is 7.11. The second-order valence-corrected chi connectivity index (χ2v) is 18.2. The van der Waals surface area contributed by atoms with Gasteiger partial charge in [0, 0.05) is 19.4 Å². The van der Waals surface area contributed by atoms with Crippen LogP contribution in [0.1, 0.15) is 245 Å². The van der Waals surface area contributed by atoms with Crippen LogP contribution < -0.4 is 5.32 Å². The van der Waals surface area contributed by atoms with Crippen molar-refractivity contribution in [1.82, 2.24) is 5.32 Å². The fourth-order valence-corrected chi connectivity index (χ4v) is 7.86. The van der Waals surface area contributed by atoms with Crippen molar-refractivity contribution in [1.29, 1.82) is 0 Å². The summed E-state index contributed by atoms with van der Waals surface area (Å²) in [7, 11) is -4.42. The summed E-state index contributed by atoms with van der Waals surface area (Å²) in [6, 6.07) is 0. The van der Waals surface area contributed by atoms with E-state index in [9.17, 15) is 24.2 Å². The zero-order chi connectivity index (χ0) is 43.2. The molecule has 1 amide bonds. The minimum Gasteiger partial charge on any atom is -0.463 e. The van der Waals surface area contributed by atoms with Crippen LogP contribution in [-0.2, 0) is 27.9 Å². The molecule has 59 heavy (non-hydrogen) atoms. The van der Waals surface area contributed by atoms with E-state index >= 15 is 0 Å². The first-order valence-corrected chi connectivity index (χ1v) is 26.3. The maximum atomic E-state index is 12.1. The smallest absolute Gasteiger partial charge is 0.463 e. The monoisotopic (exact) mass is 856 g/mol. The summed E-state index contributed by atoms with van der Waals surface area (Å²) in [5, 5.41) is 12.7. The second-order valence-electron chi connectivity index (χ2n) is 16.8. The summed E-state index contributed by atoms with van der Waals surface area (Å²) in [4.78, 5) is 34.0. The SMILES string of the molecule is CCCC/C=C\C/C=C\CCCCCCCC(=O)OCC(O)COP(=O)(O)OCCNC(=O)CCCCCCCCCCCCCCCCCCCCCCCCCC. The van der Waals surface area contributed by atoms with Gasteiger partial charge in [0.05, 0.1) is 13.2 Å². The lowest BCUT2D eigenvalue weighted by Crippen LogP contribution is -2.27. The van der Waals surface area contributed by atoms with E-state index < -0.39 is 26.5 Å². The number of unbranched alkanes of at least 4 members (excludes halogenated alkanes) is 30. The molecular formula is C49H94NO8P. The van der Waals surface area contributed by atoms with E-state index in [2.05, 4.69) is 43.5 Å². The van der Waals surface area contributed by atoms with Crippen LogP contribution in [0.25, 0.3) is 0 Å². The van der Waals surface area contributed by atoms with Crippen molar-refractivity contribution < 1.29 is 37.9 Å². The Kier molecular flexibility index (Phi) is 44.8. The molecule has 2 atom stereocenters. The molecule has 0 bridgehead atoms. The third-order valence-electron chi connectivity index (χ3n) is 10.9. The van der Waals surface area contributed by atoms with E-state index in [0.717, 1.165) is 64.2 Å². The van der Waals surface area contributed by atoms with Crippen LogP contribution in [0.4, 0.5) is 0 Å². The summed E-state index contributed by atoms with van der Waals surface area (Å²) in [5.74, 6) is -0.521. The van der Waals surface area contributed by atoms with Gasteiger partial charge >= 0.3 is 13.8 Å². The van der Waals surface area contributed by atoms with Crippen LogP contribution >= 0.6 is 7.82 Å². The lowest BCUT2D eigenvalue weighted by atomic mass is 10.0. The zero-order valence-electron chi connectivity index (χ0n) is 38.5. The maximum absolute atomic E-state index is 12.1. The molecule has 3 N–H and O–H groups in total. The number of phosphoric acid groups is 1. The Bertz CT molecular complexity index is 1020. The minimum absolute atomic E-state index is 0.0838. The summed E-state index contributed by atoms with van der Waals surface area (Å²) in [6.45, 7) is 3.53. The first-order valence-electron chi connectivity index (χ1n) is 24.8. The predicted molar refractivity (Wildman–Crippen MR) is 248 cm³/mol. The Hall–Kier alpha value is -1.51. The summed E-state index contributed by atoms with van der Waals surface area (Å²) in [6.07, 6.45) is 51.3. The van der Waals surface area contributed by atoms with Gasteiger partial charge in [-0.1, -0.05) is 218 Å². The van der Waals surface area contributed by atoms with Crippen molar-refractivity contribution >= 4 is 19.7 Å². The summed E-state index contributed by atoms with van der Waals surface area (Å²) >= 11 is 0. The van der Waals surface area contributed by atoms with Crippen LogP contribution in [0.3, 0.4) is 0 Å². The predicted octanol–water partition coefficient (Wildman–Crippen LogP) is 14.3. The molecule has 0 saturated carbocycles. The van der Waals surface area contributed by atoms with Crippen LogP contribution in [0.5, 0.6) is 0 Å². The first-order chi connectivity index (χ1) is 28.8. The lowest BCUT2D eigenvalue weighted by molar-refractivity contribution is -0.147. The van der Waals surface area contributed by atoms with Gasteiger partial charge < -0.3 is 20.1 Å². The van der Waals surface area contributed by atoms with Crippen LogP contribution in [0.2, 0.25) is 0 Å². The van der Waals surface area contributed by atoms with Crippen molar-refractivity contribution in [3.8, 4) is 0 Å². The van der Waals surface area contributed by atoms with E-state index in [1.807, 2.05) is 0 Å². The number of hydrogen-bond acceptors (Lipinski definition) is 7. The molecular weight excluding hydrogens is 762 g/mol. The molecule has 0 aromatic rings. The molecule has 0 rings (SSSR count). The summed E-state index contributed by atoms with van der Waals surface area (Å²) in [5.41, 5.74) is 0. The van der Waals surface area contributed by atoms with Crippen LogP contribution in [0, 0.1) is 0 Å². The number of carbonyl (C=O) groups is 2. The Balaban J connectivity index is 3.51. The van der Waals surface area contributed by atoms with Gasteiger partial charge in [-0.2, -0.15) is 0 Å². The fraction of sp³-hybridized carbons (Fsp3) is 0.878. The standard InChI is InChI=1S/C49H94NO8P/c1-3-5-7-9-11-13-15-17-19-20-21-22-23-24-25-26-27-28-29-31-33-35-37-39-41-48(52)50-43-44-57-59(54,55)58-46-47(51)45-56-49(53)42-40-38-36-34-32-30-18-16-14-12-10-8-6-4-2/h10,12,16,18,47,51H,3-9,11,13-15,17,19-46H2,1-2H3,(H,50,52)(H,54,55)/b12-10-,18-16-. The Labute approximate surface area is 363 Å². The molecule has 0 aliphatic heterocycles. The molecule has 0 heterocycles. The Morgan fingerprint density at radius 3 is 1.41 bits per heavy atom. The number of esters is 1. The molecule has 0 radical (unpaired) electrons. The number of aliphatic hydroxyl groups excluding tert-OH is 1. The molecule has 0 fully saturated rings. The quantitative estimate of drug-likeness (QED) is 0.0239. The van der Waals surface area contributed by atoms with Crippen LogP contribution in [0.15, 0.2) is 24.3 Å². The Morgan fingerprint density at radius 2 is 0.932 bits per heavy atom. The number of phosphoric ester groups is 1. The minimum atomic E-state index is -4.42. The lowest BCUT2D eigenvalue weighted by Gasteiger charge is -2.15. The van der Waals surface area contributed by atoms with Crippen molar-refractivity contribution in [2.24, 2.45) is 0 Å². The highest BCUT2D eigenvalue weighted by molar-refractivity contribution is 7.47. The van der Waals surface area contributed by atoms with E-state index in [1.165, 1.54) is 154 Å². The van der Waals surface area contributed by atoms with E-state index in [4.69, 9.17) is 13.8 Å². The van der Waals surface area contributed by atoms with E-state index in [0.29, 0.717) is 6.42 Å². The number of nitrogens with one attached hydrogen (secondary N) is 1. The second kappa shape index (κ2) is 46.0. The number of carbonyl (C=O) groups excluding carboxylic acids is 2. The molecule has 0 aliphatic rings. The Morgan fingerprint density at radius 1 is 0.525 bits per heavy atom. The van der Waals surface area contributed by atoms with Gasteiger partial charge in [-0.05, 0) is 38.5 Å². The topological polar surface area (TPSA) is 131 Å². The van der Waals surface area contributed by atoms with Gasteiger partial charge in [-0.25, -0.2) is 4.57 Å². The van der Waals surface area contributed by atoms with Gasteiger partial charge in [0.25, 0.3) is 0 Å². The largest absolute Gasteiger partial charge is 0.472 e. The van der Waals surface area contributed by atoms with Crippen molar-refractivity contribution in [2.75, 3.05) is 26.4 Å².